The third-order valence-electron chi connectivity index (χ3n) is 4.08. The van der Waals surface area contributed by atoms with Crippen molar-refractivity contribution in [1.82, 2.24) is 19.4 Å². The van der Waals surface area contributed by atoms with Crippen LogP contribution >= 0.6 is 0 Å². The molecule has 0 radical (unpaired) electrons. The number of hydrogen-bond donors (Lipinski definition) is 1. The second-order valence-corrected chi connectivity index (χ2v) is 5.39. The highest BCUT2D eigenvalue weighted by molar-refractivity contribution is 5.74. The molecule has 0 aliphatic carbocycles. The molecule has 0 saturated carbocycles. The van der Waals surface area contributed by atoms with E-state index in [1.807, 2.05) is 6.07 Å². The van der Waals surface area contributed by atoms with Crippen molar-refractivity contribution in [1.29, 1.82) is 0 Å². The van der Waals surface area contributed by atoms with Crippen molar-refractivity contribution in [3.05, 3.63) is 38.7 Å². The zero-order chi connectivity index (χ0) is 14.3. The maximum Gasteiger partial charge on any atom is 0.332 e. The lowest BCUT2D eigenvalue weighted by Gasteiger charge is -2.23. The van der Waals surface area contributed by atoms with E-state index in [0.29, 0.717) is 17.0 Å². The van der Waals surface area contributed by atoms with E-state index in [-0.39, 0.29) is 11.2 Å². The van der Waals surface area contributed by atoms with Crippen LogP contribution in [0.2, 0.25) is 0 Å². The van der Waals surface area contributed by atoms with Gasteiger partial charge in [0.1, 0.15) is 5.65 Å². The molecule has 0 bridgehead atoms. The van der Waals surface area contributed by atoms with Gasteiger partial charge in [-0.25, -0.2) is 9.78 Å². The first-order valence-electron chi connectivity index (χ1n) is 6.86. The van der Waals surface area contributed by atoms with Gasteiger partial charge < -0.3 is 5.32 Å². The Morgan fingerprint density at radius 3 is 2.80 bits per heavy atom. The average molecular weight is 274 g/mol. The topological polar surface area (TPSA) is 68.9 Å². The van der Waals surface area contributed by atoms with E-state index in [0.717, 1.165) is 36.1 Å². The summed E-state index contributed by atoms with van der Waals surface area (Å²) in [7, 11) is 3.14. The lowest BCUT2D eigenvalue weighted by molar-refractivity contribution is 0.461. The van der Waals surface area contributed by atoms with Gasteiger partial charge >= 0.3 is 5.69 Å². The van der Waals surface area contributed by atoms with Gasteiger partial charge in [-0.05, 0) is 36.9 Å². The number of rotatable bonds is 1. The van der Waals surface area contributed by atoms with Crippen LogP contribution in [-0.2, 0) is 14.1 Å². The summed E-state index contributed by atoms with van der Waals surface area (Å²) in [5.41, 5.74) is 0.898. The fourth-order valence-corrected chi connectivity index (χ4v) is 2.84. The molecule has 1 saturated heterocycles. The molecule has 2 aromatic heterocycles. The summed E-state index contributed by atoms with van der Waals surface area (Å²) in [6, 6.07) is 1.89. The predicted molar refractivity (Wildman–Crippen MR) is 77.1 cm³/mol. The normalized spacial score (nSPS) is 19.4. The van der Waals surface area contributed by atoms with Crippen LogP contribution in [0.25, 0.3) is 11.0 Å². The third kappa shape index (κ3) is 1.96. The zero-order valence-corrected chi connectivity index (χ0v) is 11.7. The number of aryl methyl sites for hydroxylation is 1. The molecular weight excluding hydrogens is 256 g/mol. The van der Waals surface area contributed by atoms with Crippen molar-refractivity contribution in [2.45, 2.75) is 18.8 Å². The first-order valence-corrected chi connectivity index (χ1v) is 6.86. The second kappa shape index (κ2) is 4.86. The molecule has 0 aromatic carbocycles. The Morgan fingerprint density at radius 2 is 2.10 bits per heavy atom. The third-order valence-corrected chi connectivity index (χ3v) is 4.08. The highest BCUT2D eigenvalue weighted by atomic mass is 16.2. The number of fused-ring (bicyclic) bond motifs is 1. The second-order valence-electron chi connectivity index (χ2n) is 5.39. The van der Waals surface area contributed by atoms with Gasteiger partial charge in [0.25, 0.3) is 5.56 Å². The van der Waals surface area contributed by atoms with Crippen LogP contribution in [0.5, 0.6) is 0 Å². The molecule has 0 spiro atoms. The van der Waals surface area contributed by atoms with Crippen LogP contribution in [0.4, 0.5) is 0 Å². The number of nitrogens with one attached hydrogen (secondary N) is 1. The molecule has 3 rings (SSSR count). The summed E-state index contributed by atoms with van der Waals surface area (Å²) in [4.78, 5) is 28.4. The maximum atomic E-state index is 12.2. The Balaban J connectivity index is 2.20. The first kappa shape index (κ1) is 13.1. The molecule has 1 unspecified atom stereocenters. The van der Waals surface area contributed by atoms with Crippen LogP contribution in [0.3, 0.4) is 0 Å². The fourth-order valence-electron chi connectivity index (χ4n) is 2.84. The number of pyridine rings is 1. The highest BCUT2D eigenvalue weighted by Gasteiger charge is 2.17. The van der Waals surface area contributed by atoms with Crippen molar-refractivity contribution in [2.24, 2.45) is 14.1 Å². The largest absolute Gasteiger partial charge is 0.332 e. The van der Waals surface area contributed by atoms with Crippen LogP contribution in [-0.4, -0.2) is 27.2 Å². The summed E-state index contributed by atoms with van der Waals surface area (Å²) >= 11 is 0. The van der Waals surface area contributed by atoms with Crippen molar-refractivity contribution >= 4 is 11.0 Å². The van der Waals surface area contributed by atoms with Crippen LogP contribution < -0.4 is 16.6 Å². The van der Waals surface area contributed by atoms with E-state index in [1.165, 1.54) is 11.6 Å². The zero-order valence-electron chi connectivity index (χ0n) is 11.7. The van der Waals surface area contributed by atoms with Crippen molar-refractivity contribution in [3.8, 4) is 0 Å². The van der Waals surface area contributed by atoms with Crippen molar-refractivity contribution in [2.75, 3.05) is 13.1 Å². The van der Waals surface area contributed by atoms with E-state index in [2.05, 4.69) is 10.3 Å². The quantitative estimate of drug-likeness (QED) is 0.801. The van der Waals surface area contributed by atoms with Gasteiger partial charge in [0, 0.05) is 26.8 Å². The van der Waals surface area contributed by atoms with Gasteiger partial charge in [0.15, 0.2) is 0 Å². The summed E-state index contributed by atoms with van der Waals surface area (Å²) in [5, 5.41) is 3.87. The number of piperidine rings is 1. The number of aromatic nitrogens is 3. The van der Waals surface area contributed by atoms with Crippen LogP contribution in [0, 0.1) is 0 Å². The Labute approximate surface area is 116 Å². The van der Waals surface area contributed by atoms with E-state index < -0.39 is 0 Å². The molecule has 1 fully saturated rings. The molecule has 1 aliphatic heterocycles. The molecule has 6 heteroatoms. The van der Waals surface area contributed by atoms with E-state index in [1.54, 1.807) is 13.2 Å². The van der Waals surface area contributed by atoms with Gasteiger partial charge in [-0.15, -0.1) is 0 Å². The molecule has 0 amide bonds. The molecule has 6 nitrogen and oxygen atoms in total. The molecule has 106 valence electrons. The molecule has 1 atom stereocenters. The molecule has 1 aliphatic rings. The standard InChI is InChI=1S/C14H18N4O2/c1-17-12-11(13(19)18(2)14(17)20)6-10(8-16-12)9-4-3-5-15-7-9/h6,8-9,15H,3-5,7H2,1-2H3. The molecule has 1 N–H and O–H groups in total. The SMILES string of the molecule is Cn1c(=O)c2cc(C3CCCNC3)cnc2n(C)c1=O. The first-order chi connectivity index (χ1) is 9.59. The van der Waals surface area contributed by atoms with Crippen molar-refractivity contribution < 1.29 is 0 Å². The summed E-state index contributed by atoms with van der Waals surface area (Å²) < 4.78 is 2.55. The van der Waals surface area contributed by atoms with E-state index in [9.17, 15) is 9.59 Å². The Bertz CT molecular complexity index is 769. The summed E-state index contributed by atoms with van der Waals surface area (Å²) in [6.07, 6.45) is 4.03. The van der Waals surface area contributed by atoms with Gasteiger partial charge in [-0.3, -0.25) is 13.9 Å². The minimum atomic E-state index is -0.345. The van der Waals surface area contributed by atoms with Crippen molar-refractivity contribution in [3.63, 3.8) is 0 Å². The molecule has 20 heavy (non-hydrogen) atoms. The van der Waals surface area contributed by atoms with Gasteiger partial charge in [0.05, 0.1) is 5.39 Å². The monoisotopic (exact) mass is 274 g/mol. The lowest BCUT2D eigenvalue weighted by Crippen LogP contribution is -2.37. The maximum absolute atomic E-state index is 12.2. The molecular formula is C14H18N4O2. The minimum absolute atomic E-state index is 0.277. The van der Waals surface area contributed by atoms with Gasteiger partial charge in [0.2, 0.25) is 0 Å². The average Bonchev–Trinajstić information content (AvgIpc) is 2.51. The Kier molecular flexibility index (Phi) is 3.17. The van der Waals surface area contributed by atoms with Gasteiger partial charge in [-0.1, -0.05) is 0 Å². The number of nitrogens with zero attached hydrogens (tertiary/aromatic N) is 3. The van der Waals surface area contributed by atoms with Gasteiger partial charge in [-0.2, -0.15) is 0 Å². The van der Waals surface area contributed by atoms with E-state index >= 15 is 0 Å². The summed E-state index contributed by atoms with van der Waals surface area (Å²) in [5.74, 6) is 0.391. The van der Waals surface area contributed by atoms with E-state index in [4.69, 9.17) is 0 Å². The number of hydrogen-bond acceptors (Lipinski definition) is 4. The van der Waals surface area contributed by atoms with Crippen LogP contribution in [0.1, 0.15) is 24.3 Å². The predicted octanol–water partition coefficient (Wildman–Crippen LogP) is 0.0992. The molecule has 2 aromatic rings. The Morgan fingerprint density at radius 1 is 1.30 bits per heavy atom. The smallest absolute Gasteiger partial charge is 0.316 e. The summed E-state index contributed by atoms with van der Waals surface area (Å²) in [6.45, 7) is 1.97. The Hall–Kier alpha value is -1.95. The fraction of sp³-hybridized carbons (Fsp3) is 0.500. The lowest BCUT2D eigenvalue weighted by atomic mass is 9.92. The minimum Gasteiger partial charge on any atom is -0.316 e. The van der Waals surface area contributed by atoms with Crippen LogP contribution in [0.15, 0.2) is 21.9 Å². The highest BCUT2D eigenvalue weighted by Crippen LogP contribution is 2.23. The molecule has 3 heterocycles.